The van der Waals surface area contributed by atoms with Gasteiger partial charge in [0.05, 0.1) is 24.3 Å². The summed E-state index contributed by atoms with van der Waals surface area (Å²) >= 11 is 10.3. The first-order valence-corrected chi connectivity index (χ1v) is 15.9. The quantitative estimate of drug-likeness (QED) is 0.123. The van der Waals surface area contributed by atoms with Crippen LogP contribution >= 0.6 is 27.5 Å². The fraction of sp³-hybridized carbons (Fsp3) is 0.222. The Morgan fingerprint density at radius 3 is 2.23 bits per heavy atom. The fourth-order valence-corrected chi connectivity index (χ4v) is 7.55. The molecule has 0 aliphatic carbocycles. The first-order valence-electron chi connectivity index (χ1n) is 14.8. The molecule has 6 rings (SSSR count). The van der Waals surface area contributed by atoms with Gasteiger partial charge in [0.1, 0.15) is 5.54 Å². The molecule has 0 spiro atoms. The van der Waals surface area contributed by atoms with Gasteiger partial charge in [-0.25, -0.2) is 0 Å². The number of likely N-dealkylation sites (N-methyl/N-ethyl adjacent to an activating group) is 1. The van der Waals surface area contributed by atoms with Crippen LogP contribution in [0, 0.1) is 0 Å². The van der Waals surface area contributed by atoms with Gasteiger partial charge in [-0.3, -0.25) is 0 Å². The second kappa shape index (κ2) is 12.9. The average molecular weight is 672 g/mol. The van der Waals surface area contributed by atoms with E-state index in [0.29, 0.717) is 5.02 Å². The Morgan fingerprint density at radius 1 is 0.841 bits per heavy atom. The van der Waals surface area contributed by atoms with Crippen molar-refractivity contribution in [3.05, 3.63) is 142 Å². The Balaban J connectivity index is 1.66. The van der Waals surface area contributed by atoms with Crippen LogP contribution in [-0.2, 0) is 5.54 Å². The van der Waals surface area contributed by atoms with Crippen molar-refractivity contribution in [1.29, 1.82) is 0 Å². The summed E-state index contributed by atoms with van der Waals surface area (Å²) in [6, 6.07) is 34.6. The molecule has 0 aliphatic heterocycles. The largest absolute Gasteiger partial charge is 0.390 e. The third kappa shape index (κ3) is 5.28. The van der Waals surface area contributed by atoms with Gasteiger partial charge >= 0.3 is 0 Å². The highest BCUT2D eigenvalue weighted by molar-refractivity contribution is 9.10. The van der Waals surface area contributed by atoms with Gasteiger partial charge in [-0.15, -0.1) is 0 Å². The van der Waals surface area contributed by atoms with Crippen molar-refractivity contribution in [2.75, 3.05) is 13.6 Å². The van der Waals surface area contributed by atoms with E-state index in [1.54, 1.807) is 0 Å². The molecule has 0 radical (unpaired) electrons. The second-order valence-corrected chi connectivity index (χ2v) is 12.6. The molecule has 0 amide bonds. The van der Waals surface area contributed by atoms with Crippen molar-refractivity contribution in [3.63, 3.8) is 0 Å². The Kier molecular flexibility index (Phi) is 8.96. The first kappa shape index (κ1) is 30.6. The lowest BCUT2D eigenvalue weighted by Gasteiger charge is -2.49. The van der Waals surface area contributed by atoms with Gasteiger partial charge in [0.25, 0.3) is 0 Å². The van der Waals surface area contributed by atoms with Crippen LogP contribution < -0.4 is 11.1 Å². The summed E-state index contributed by atoms with van der Waals surface area (Å²) in [4.78, 5) is 0. The van der Waals surface area contributed by atoms with Gasteiger partial charge in [-0.05, 0) is 90.4 Å². The van der Waals surface area contributed by atoms with E-state index in [0.717, 1.165) is 37.4 Å². The Morgan fingerprint density at radius 2 is 1.52 bits per heavy atom. The Bertz CT molecular complexity index is 1890. The van der Waals surface area contributed by atoms with Gasteiger partial charge in [-0.1, -0.05) is 88.2 Å². The van der Waals surface area contributed by atoms with E-state index in [9.17, 15) is 10.2 Å². The van der Waals surface area contributed by atoms with Crippen LogP contribution in [0.3, 0.4) is 0 Å². The van der Waals surface area contributed by atoms with Crippen molar-refractivity contribution >= 4 is 49.3 Å². The summed E-state index contributed by atoms with van der Waals surface area (Å²) in [6.45, 7) is 0.256. The molecule has 0 saturated heterocycles. The minimum absolute atomic E-state index is 0.256. The molecule has 44 heavy (non-hydrogen) atoms. The standard InChI is InChI=1S/C36H36BrClN4O2/c1-40-35(34(44)33(26-10-6-12-28(37)22-26)41-20-17-24-8-2-4-14-30(24)41)36(32(43)16-19-39,27-11-7-13-29(38)23-27)42-21-18-25-9-3-5-15-31(25)42/h2-15,17-18,20-23,32-35,40,43-44H,16,19,39H2,1H3/t32-,33+,34+,35?,36-/m1/s1. The number of halogens is 2. The van der Waals surface area contributed by atoms with Crippen molar-refractivity contribution < 1.29 is 10.2 Å². The minimum Gasteiger partial charge on any atom is -0.390 e. The van der Waals surface area contributed by atoms with E-state index in [1.165, 1.54) is 0 Å². The normalized spacial score (nSPS) is 16.0. The molecule has 0 fully saturated rings. The van der Waals surface area contributed by atoms with Crippen LogP contribution in [-0.4, -0.2) is 51.2 Å². The summed E-state index contributed by atoms with van der Waals surface area (Å²) in [5.41, 5.74) is 8.50. The monoisotopic (exact) mass is 670 g/mol. The summed E-state index contributed by atoms with van der Waals surface area (Å²) in [7, 11) is 1.83. The summed E-state index contributed by atoms with van der Waals surface area (Å²) in [6.07, 6.45) is 2.24. The topological polar surface area (TPSA) is 88.4 Å². The smallest absolute Gasteiger partial charge is 0.113 e. The van der Waals surface area contributed by atoms with E-state index in [1.807, 2.05) is 110 Å². The molecule has 0 saturated carbocycles. The Labute approximate surface area is 270 Å². The summed E-state index contributed by atoms with van der Waals surface area (Å²) in [5, 5.41) is 31.4. The van der Waals surface area contributed by atoms with Crippen molar-refractivity contribution in [3.8, 4) is 0 Å². The second-order valence-electron chi connectivity index (χ2n) is 11.2. The number of hydrogen-bond donors (Lipinski definition) is 4. The predicted octanol–water partition coefficient (Wildman–Crippen LogP) is 6.70. The molecule has 1 unspecified atom stereocenters. The van der Waals surface area contributed by atoms with E-state index >= 15 is 0 Å². The molecule has 8 heteroatoms. The van der Waals surface area contributed by atoms with E-state index in [-0.39, 0.29) is 13.0 Å². The number of rotatable bonds is 11. The SMILES string of the molecule is CNC([C@@H](O)[C@H](c1cccc(Br)c1)n1ccc2ccccc21)[C@@](c1cccc(Cl)c1)([C@H](O)CCN)n1ccc2ccccc21. The third-order valence-corrected chi connectivity index (χ3v) is 9.53. The molecular weight excluding hydrogens is 636 g/mol. The number of aromatic nitrogens is 2. The summed E-state index contributed by atoms with van der Waals surface area (Å²) in [5.74, 6) is 0. The molecule has 5 N–H and O–H groups in total. The van der Waals surface area contributed by atoms with Crippen LogP contribution in [0.5, 0.6) is 0 Å². The highest BCUT2D eigenvalue weighted by Gasteiger charge is 2.52. The molecular formula is C36H36BrClN4O2. The van der Waals surface area contributed by atoms with Gasteiger partial charge in [0.2, 0.25) is 0 Å². The van der Waals surface area contributed by atoms with Crippen LogP contribution in [0.15, 0.2) is 126 Å². The first-order chi connectivity index (χ1) is 21.4. The maximum absolute atomic E-state index is 12.9. The number of para-hydroxylation sites is 2. The average Bonchev–Trinajstić information content (AvgIpc) is 3.65. The Hall–Kier alpha value is -3.43. The van der Waals surface area contributed by atoms with Crippen LogP contribution in [0.4, 0.5) is 0 Å². The summed E-state index contributed by atoms with van der Waals surface area (Å²) < 4.78 is 5.12. The highest BCUT2D eigenvalue weighted by atomic mass is 79.9. The molecule has 6 nitrogen and oxygen atoms in total. The molecule has 6 aromatic rings. The lowest BCUT2D eigenvalue weighted by atomic mass is 9.72. The molecule has 4 aromatic carbocycles. The number of nitrogens with one attached hydrogen (secondary N) is 1. The van der Waals surface area contributed by atoms with Crippen molar-refractivity contribution in [1.82, 2.24) is 14.5 Å². The van der Waals surface area contributed by atoms with Gasteiger partial charge in [-0.2, -0.15) is 0 Å². The van der Waals surface area contributed by atoms with Gasteiger partial charge in [0.15, 0.2) is 0 Å². The van der Waals surface area contributed by atoms with Gasteiger partial charge < -0.3 is 30.4 Å². The molecule has 5 atom stereocenters. The molecule has 2 aromatic heterocycles. The predicted molar refractivity (Wildman–Crippen MR) is 183 cm³/mol. The zero-order chi connectivity index (χ0) is 30.8. The minimum atomic E-state index is -1.23. The van der Waals surface area contributed by atoms with E-state index < -0.39 is 29.8 Å². The number of nitrogens with zero attached hydrogens (tertiary/aromatic N) is 2. The lowest BCUT2D eigenvalue weighted by Crippen LogP contribution is -2.64. The molecule has 226 valence electrons. The number of aliphatic hydroxyl groups is 2. The lowest BCUT2D eigenvalue weighted by molar-refractivity contribution is -0.0222. The van der Waals surface area contributed by atoms with Crippen LogP contribution in [0.2, 0.25) is 5.02 Å². The zero-order valence-electron chi connectivity index (χ0n) is 24.4. The zero-order valence-corrected chi connectivity index (χ0v) is 26.7. The fourth-order valence-electron chi connectivity index (χ4n) is 6.94. The molecule has 0 aliphatic rings. The van der Waals surface area contributed by atoms with E-state index in [2.05, 4.69) is 48.6 Å². The number of benzene rings is 4. The highest BCUT2D eigenvalue weighted by Crippen LogP contribution is 2.43. The maximum Gasteiger partial charge on any atom is 0.113 e. The van der Waals surface area contributed by atoms with Crippen molar-refractivity contribution in [2.24, 2.45) is 5.73 Å². The van der Waals surface area contributed by atoms with E-state index in [4.69, 9.17) is 17.3 Å². The number of aliphatic hydroxyl groups excluding tert-OH is 2. The third-order valence-electron chi connectivity index (χ3n) is 8.80. The van der Waals surface area contributed by atoms with Crippen LogP contribution in [0.1, 0.15) is 23.6 Å². The van der Waals surface area contributed by atoms with Crippen molar-refractivity contribution in [2.45, 2.75) is 36.3 Å². The number of hydrogen-bond acceptors (Lipinski definition) is 4. The van der Waals surface area contributed by atoms with Crippen LogP contribution in [0.25, 0.3) is 21.8 Å². The molecule has 0 bridgehead atoms. The molecule has 2 heterocycles. The van der Waals surface area contributed by atoms with Gasteiger partial charge in [0, 0.05) is 32.9 Å². The maximum atomic E-state index is 12.9. The number of nitrogens with two attached hydrogens (primary N) is 1. The number of fused-ring (bicyclic) bond motifs is 2.